The Kier molecular flexibility index (Phi) is 2.09. The summed E-state index contributed by atoms with van der Waals surface area (Å²) in [5, 5.41) is 0. The lowest BCUT2D eigenvalue weighted by Crippen LogP contribution is -1.84. The van der Waals surface area contributed by atoms with Crippen molar-refractivity contribution < 1.29 is 4.79 Å². The SMILES string of the molecule is O=Cc1cncc(C#CC2CC2)c1. The van der Waals surface area contributed by atoms with Crippen LogP contribution in [0.3, 0.4) is 0 Å². The molecule has 13 heavy (non-hydrogen) atoms. The van der Waals surface area contributed by atoms with Gasteiger partial charge in [-0.15, -0.1) is 0 Å². The molecule has 0 N–H and O–H groups in total. The van der Waals surface area contributed by atoms with Gasteiger partial charge in [-0.25, -0.2) is 0 Å². The van der Waals surface area contributed by atoms with Crippen molar-refractivity contribution in [2.24, 2.45) is 5.92 Å². The van der Waals surface area contributed by atoms with E-state index in [-0.39, 0.29) is 0 Å². The number of hydrogen-bond acceptors (Lipinski definition) is 2. The summed E-state index contributed by atoms with van der Waals surface area (Å²) in [5.74, 6) is 6.71. The average Bonchev–Trinajstić information content (AvgIpc) is 2.99. The number of pyridine rings is 1. The minimum absolute atomic E-state index is 0.583. The van der Waals surface area contributed by atoms with E-state index >= 15 is 0 Å². The lowest BCUT2D eigenvalue weighted by atomic mass is 10.2. The molecule has 0 aromatic carbocycles. The molecule has 0 radical (unpaired) electrons. The van der Waals surface area contributed by atoms with Gasteiger partial charge in [0.05, 0.1) is 0 Å². The molecule has 0 spiro atoms. The van der Waals surface area contributed by atoms with Crippen molar-refractivity contribution in [3.63, 3.8) is 0 Å². The van der Waals surface area contributed by atoms with Crippen LogP contribution in [0.4, 0.5) is 0 Å². The van der Waals surface area contributed by atoms with Crippen LogP contribution < -0.4 is 0 Å². The van der Waals surface area contributed by atoms with Gasteiger partial charge in [0.25, 0.3) is 0 Å². The number of aldehydes is 1. The van der Waals surface area contributed by atoms with Crippen molar-refractivity contribution in [1.29, 1.82) is 0 Å². The molecule has 1 aliphatic carbocycles. The zero-order chi connectivity index (χ0) is 9.10. The number of rotatable bonds is 1. The number of nitrogens with zero attached hydrogens (tertiary/aromatic N) is 1. The summed E-state index contributed by atoms with van der Waals surface area (Å²) in [6, 6.07) is 1.76. The van der Waals surface area contributed by atoms with Crippen LogP contribution in [0.5, 0.6) is 0 Å². The highest BCUT2D eigenvalue weighted by Crippen LogP contribution is 2.27. The molecule has 2 nitrogen and oxygen atoms in total. The van der Waals surface area contributed by atoms with E-state index in [9.17, 15) is 4.79 Å². The quantitative estimate of drug-likeness (QED) is 0.475. The Morgan fingerprint density at radius 2 is 2.31 bits per heavy atom. The summed E-state index contributed by atoms with van der Waals surface area (Å²) in [6.07, 6.45) is 6.44. The minimum Gasteiger partial charge on any atom is -0.298 e. The van der Waals surface area contributed by atoms with Gasteiger partial charge in [0, 0.05) is 29.4 Å². The first-order valence-electron chi connectivity index (χ1n) is 4.30. The van der Waals surface area contributed by atoms with Crippen LogP contribution in [-0.2, 0) is 0 Å². The van der Waals surface area contributed by atoms with E-state index in [0.717, 1.165) is 11.8 Å². The number of carbonyl (C=O) groups is 1. The topological polar surface area (TPSA) is 30.0 Å². The van der Waals surface area contributed by atoms with E-state index in [0.29, 0.717) is 11.5 Å². The van der Waals surface area contributed by atoms with E-state index in [1.165, 1.54) is 19.0 Å². The first kappa shape index (κ1) is 8.00. The molecule has 1 aliphatic rings. The van der Waals surface area contributed by atoms with Crippen molar-refractivity contribution in [3.05, 3.63) is 29.6 Å². The summed E-state index contributed by atoms with van der Waals surface area (Å²) < 4.78 is 0. The summed E-state index contributed by atoms with van der Waals surface area (Å²) in [5.41, 5.74) is 1.42. The Hall–Kier alpha value is -1.62. The summed E-state index contributed by atoms with van der Waals surface area (Å²) in [7, 11) is 0. The molecule has 0 atom stereocenters. The Morgan fingerprint density at radius 3 is 3.00 bits per heavy atom. The molecule has 0 unspecified atom stereocenters. The lowest BCUT2D eigenvalue weighted by Gasteiger charge is -1.90. The highest BCUT2D eigenvalue weighted by Gasteiger charge is 2.17. The summed E-state index contributed by atoms with van der Waals surface area (Å²) in [4.78, 5) is 14.3. The summed E-state index contributed by atoms with van der Waals surface area (Å²) >= 11 is 0. The predicted octanol–water partition coefficient (Wildman–Crippen LogP) is 1.66. The maximum atomic E-state index is 10.4. The van der Waals surface area contributed by atoms with E-state index < -0.39 is 0 Å². The molecule has 0 saturated heterocycles. The van der Waals surface area contributed by atoms with Gasteiger partial charge in [-0.05, 0) is 18.9 Å². The third kappa shape index (κ3) is 2.16. The Bertz CT molecular complexity index is 383. The Balaban J connectivity index is 2.20. The van der Waals surface area contributed by atoms with Gasteiger partial charge in [-0.3, -0.25) is 9.78 Å². The van der Waals surface area contributed by atoms with Crippen LogP contribution >= 0.6 is 0 Å². The minimum atomic E-state index is 0.583. The van der Waals surface area contributed by atoms with Crippen LogP contribution in [0.2, 0.25) is 0 Å². The van der Waals surface area contributed by atoms with E-state index in [1.54, 1.807) is 12.3 Å². The predicted molar refractivity (Wildman–Crippen MR) is 49.2 cm³/mol. The highest BCUT2D eigenvalue weighted by atomic mass is 16.1. The first-order valence-corrected chi connectivity index (χ1v) is 4.30. The molecule has 1 heterocycles. The van der Waals surface area contributed by atoms with Gasteiger partial charge in [-0.1, -0.05) is 11.8 Å². The zero-order valence-electron chi connectivity index (χ0n) is 7.16. The highest BCUT2D eigenvalue weighted by molar-refractivity contribution is 5.74. The van der Waals surface area contributed by atoms with Crippen molar-refractivity contribution >= 4 is 6.29 Å². The second kappa shape index (κ2) is 3.40. The van der Waals surface area contributed by atoms with Gasteiger partial charge >= 0.3 is 0 Å². The third-order valence-electron chi connectivity index (χ3n) is 1.89. The molecule has 0 aliphatic heterocycles. The standard InChI is InChI=1S/C11H9NO/c13-8-11-5-10(6-12-7-11)4-3-9-1-2-9/h5-9H,1-2H2. The second-order valence-electron chi connectivity index (χ2n) is 3.17. The Labute approximate surface area is 77.0 Å². The van der Waals surface area contributed by atoms with E-state index in [4.69, 9.17) is 0 Å². The maximum absolute atomic E-state index is 10.4. The number of carbonyl (C=O) groups excluding carboxylic acids is 1. The fourth-order valence-corrected chi connectivity index (χ4v) is 1.00. The molecule has 1 fully saturated rings. The third-order valence-corrected chi connectivity index (χ3v) is 1.89. The Morgan fingerprint density at radius 1 is 1.46 bits per heavy atom. The van der Waals surface area contributed by atoms with Crippen molar-refractivity contribution in [3.8, 4) is 11.8 Å². The van der Waals surface area contributed by atoms with Crippen LogP contribution in [0.1, 0.15) is 28.8 Å². The molecule has 64 valence electrons. The molecule has 2 rings (SSSR count). The van der Waals surface area contributed by atoms with Crippen molar-refractivity contribution in [2.45, 2.75) is 12.8 Å². The first-order chi connectivity index (χ1) is 6.38. The number of aromatic nitrogens is 1. The number of hydrogen-bond donors (Lipinski definition) is 0. The lowest BCUT2D eigenvalue weighted by molar-refractivity contribution is 0.112. The molecule has 1 aromatic heterocycles. The second-order valence-corrected chi connectivity index (χ2v) is 3.17. The van der Waals surface area contributed by atoms with Gasteiger partial charge in [0.15, 0.2) is 6.29 Å². The van der Waals surface area contributed by atoms with Crippen LogP contribution in [0.25, 0.3) is 0 Å². The molecule has 1 saturated carbocycles. The monoisotopic (exact) mass is 171 g/mol. The normalized spacial score (nSPS) is 14.5. The van der Waals surface area contributed by atoms with Crippen LogP contribution in [0.15, 0.2) is 18.5 Å². The molecule has 0 bridgehead atoms. The van der Waals surface area contributed by atoms with Gasteiger partial charge in [0.1, 0.15) is 0 Å². The van der Waals surface area contributed by atoms with Gasteiger partial charge in [0.2, 0.25) is 0 Å². The fourth-order valence-electron chi connectivity index (χ4n) is 1.00. The molecular formula is C11H9NO. The average molecular weight is 171 g/mol. The molecule has 1 aromatic rings. The zero-order valence-corrected chi connectivity index (χ0v) is 7.16. The maximum Gasteiger partial charge on any atom is 0.151 e. The van der Waals surface area contributed by atoms with E-state index in [1.807, 2.05) is 0 Å². The summed E-state index contributed by atoms with van der Waals surface area (Å²) in [6.45, 7) is 0. The molecule has 2 heteroatoms. The molecular weight excluding hydrogens is 162 g/mol. The van der Waals surface area contributed by atoms with Crippen molar-refractivity contribution in [2.75, 3.05) is 0 Å². The van der Waals surface area contributed by atoms with Gasteiger partial charge < -0.3 is 0 Å². The van der Waals surface area contributed by atoms with Gasteiger partial charge in [-0.2, -0.15) is 0 Å². The van der Waals surface area contributed by atoms with Crippen LogP contribution in [-0.4, -0.2) is 11.3 Å². The van der Waals surface area contributed by atoms with E-state index in [2.05, 4.69) is 16.8 Å². The smallest absolute Gasteiger partial charge is 0.151 e. The van der Waals surface area contributed by atoms with Crippen LogP contribution in [0, 0.1) is 17.8 Å². The van der Waals surface area contributed by atoms with Crippen molar-refractivity contribution in [1.82, 2.24) is 4.98 Å². The fraction of sp³-hybridized carbons (Fsp3) is 0.273. The largest absolute Gasteiger partial charge is 0.298 e. The molecule has 0 amide bonds.